The largest absolute Gasteiger partial charge is 0.433 e. The Kier molecular flexibility index (Phi) is 5.09. The first-order valence-corrected chi connectivity index (χ1v) is 10.7. The maximum Gasteiger partial charge on any atom is 0.433 e. The Morgan fingerprint density at radius 3 is 2.58 bits per heavy atom. The van der Waals surface area contributed by atoms with E-state index in [4.69, 9.17) is 20.9 Å². The molecule has 2 aliphatic carbocycles. The molecule has 2 aromatic heterocycles. The second-order valence-corrected chi connectivity index (χ2v) is 8.82. The Balaban J connectivity index is 1.62. The fraction of sp³-hybridized carbons (Fsp3) is 0.455. The fourth-order valence-electron chi connectivity index (χ4n) is 4.10. The molecule has 3 aromatic rings. The number of benzene rings is 1. The van der Waals surface area contributed by atoms with Crippen molar-refractivity contribution in [3.63, 3.8) is 0 Å². The van der Waals surface area contributed by atoms with Gasteiger partial charge >= 0.3 is 6.18 Å². The van der Waals surface area contributed by atoms with Crippen LogP contribution in [0.25, 0.3) is 22.6 Å². The van der Waals surface area contributed by atoms with Crippen molar-refractivity contribution in [2.24, 2.45) is 5.92 Å². The molecule has 5 rings (SSSR count). The van der Waals surface area contributed by atoms with Gasteiger partial charge in [-0.15, -0.1) is 0 Å². The molecule has 1 aromatic carbocycles. The third kappa shape index (κ3) is 3.87. The molecule has 2 saturated carbocycles. The number of hydrogen-bond acceptors (Lipinski definition) is 4. The molecular weight excluding hydrogens is 431 g/mol. The molecule has 2 heterocycles. The molecule has 0 spiro atoms. The van der Waals surface area contributed by atoms with Gasteiger partial charge in [0.05, 0.1) is 41.1 Å². The molecule has 0 atom stereocenters. The van der Waals surface area contributed by atoms with Gasteiger partial charge in [0, 0.05) is 5.56 Å². The molecule has 0 radical (unpaired) electrons. The van der Waals surface area contributed by atoms with E-state index in [0.29, 0.717) is 40.6 Å². The second kappa shape index (κ2) is 7.67. The summed E-state index contributed by atoms with van der Waals surface area (Å²) in [6, 6.07) is 6.76. The van der Waals surface area contributed by atoms with E-state index in [2.05, 4.69) is 10.3 Å². The van der Waals surface area contributed by atoms with E-state index in [1.54, 1.807) is 24.3 Å². The van der Waals surface area contributed by atoms with Gasteiger partial charge in [-0.2, -0.15) is 18.3 Å². The zero-order valence-corrected chi connectivity index (χ0v) is 17.6. The molecule has 0 N–H and O–H groups in total. The maximum atomic E-state index is 14.1. The van der Waals surface area contributed by atoms with Crippen LogP contribution in [0.15, 0.2) is 35.0 Å². The molecule has 0 bridgehead atoms. The molecule has 9 heteroatoms. The van der Waals surface area contributed by atoms with Crippen LogP contribution < -0.4 is 0 Å². The van der Waals surface area contributed by atoms with E-state index in [-0.39, 0.29) is 30.1 Å². The number of rotatable bonds is 6. The third-order valence-electron chi connectivity index (χ3n) is 5.91. The number of halogens is 4. The van der Waals surface area contributed by atoms with Crippen molar-refractivity contribution in [1.29, 1.82) is 0 Å². The average Bonchev–Trinajstić information content (AvgIpc) is 3.26. The number of alkyl halides is 3. The summed E-state index contributed by atoms with van der Waals surface area (Å²) in [5.74, 6) is 0.417. The van der Waals surface area contributed by atoms with Gasteiger partial charge in [0.15, 0.2) is 11.5 Å². The highest BCUT2D eigenvalue weighted by atomic mass is 35.5. The molecule has 2 fully saturated rings. The lowest BCUT2D eigenvalue weighted by Crippen LogP contribution is -2.29. The number of hydrogen-bond donors (Lipinski definition) is 0. The topological polar surface area (TPSA) is 53.1 Å². The molecule has 0 saturated heterocycles. The van der Waals surface area contributed by atoms with E-state index >= 15 is 0 Å². The summed E-state index contributed by atoms with van der Waals surface area (Å²) in [7, 11) is 0. The van der Waals surface area contributed by atoms with E-state index in [1.165, 1.54) is 6.20 Å². The van der Waals surface area contributed by atoms with Gasteiger partial charge < -0.3 is 9.26 Å². The van der Waals surface area contributed by atoms with Crippen molar-refractivity contribution in [3.05, 3.63) is 46.7 Å². The summed E-state index contributed by atoms with van der Waals surface area (Å²) in [6.07, 6.45) is -0.0314. The summed E-state index contributed by atoms with van der Waals surface area (Å²) in [6.45, 7) is 2.11. The highest BCUT2D eigenvalue weighted by molar-refractivity contribution is 6.33. The van der Waals surface area contributed by atoms with Crippen molar-refractivity contribution in [1.82, 2.24) is 14.9 Å². The first-order valence-electron chi connectivity index (χ1n) is 10.3. The fourth-order valence-corrected chi connectivity index (χ4v) is 4.33. The minimum absolute atomic E-state index is 0.0292. The third-order valence-corrected chi connectivity index (χ3v) is 6.24. The van der Waals surface area contributed by atoms with Gasteiger partial charge in [0.1, 0.15) is 5.69 Å². The molecule has 0 amide bonds. The SMILES string of the molecule is CC1CC(n2ncc(-c3onc(-c4ccccc4Cl)c3COC3CC3)c2C(F)(F)F)C1. The summed E-state index contributed by atoms with van der Waals surface area (Å²) >= 11 is 6.33. The predicted octanol–water partition coefficient (Wildman–Crippen LogP) is 6.53. The van der Waals surface area contributed by atoms with Crippen molar-refractivity contribution in [3.8, 4) is 22.6 Å². The minimum atomic E-state index is -4.59. The van der Waals surface area contributed by atoms with Crippen LogP contribution in [-0.4, -0.2) is 21.0 Å². The van der Waals surface area contributed by atoms with Gasteiger partial charge in [0.25, 0.3) is 0 Å². The summed E-state index contributed by atoms with van der Waals surface area (Å²) in [5, 5.41) is 8.64. The van der Waals surface area contributed by atoms with E-state index in [9.17, 15) is 13.2 Å². The first-order chi connectivity index (χ1) is 14.8. The smallest absolute Gasteiger partial charge is 0.373 e. The lowest BCUT2D eigenvalue weighted by Gasteiger charge is -2.34. The highest BCUT2D eigenvalue weighted by Crippen LogP contribution is 2.46. The molecule has 0 aliphatic heterocycles. The lowest BCUT2D eigenvalue weighted by molar-refractivity contribution is -0.145. The van der Waals surface area contributed by atoms with Crippen molar-refractivity contribution in [2.75, 3.05) is 0 Å². The number of aromatic nitrogens is 3. The van der Waals surface area contributed by atoms with E-state index in [1.807, 2.05) is 6.92 Å². The molecule has 164 valence electrons. The normalized spacial score (nSPS) is 21.3. The predicted molar refractivity (Wildman–Crippen MR) is 108 cm³/mol. The van der Waals surface area contributed by atoms with Crippen LogP contribution in [0.2, 0.25) is 5.02 Å². The molecule has 5 nitrogen and oxygen atoms in total. The van der Waals surface area contributed by atoms with Gasteiger partial charge in [-0.3, -0.25) is 4.68 Å². The summed E-state index contributed by atoms with van der Waals surface area (Å²) < 4.78 is 54.8. The average molecular weight is 452 g/mol. The summed E-state index contributed by atoms with van der Waals surface area (Å²) in [4.78, 5) is 0. The number of nitrogens with zero attached hydrogens (tertiary/aromatic N) is 3. The Hall–Kier alpha value is -2.32. The van der Waals surface area contributed by atoms with Crippen LogP contribution >= 0.6 is 11.6 Å². The lowest BCUT2D eigenvalue weighted by atomic mass is 9.82. The quantitative estimate of drug-likeness (QED) is 0.427. The van der Waals surface area contributed by atoms with Crippen LogP contribution in [-0.2, 0) is 17.5 Å². The maximum absolute atomic E-state index is 14.1. The molecule has 31 heavy (non-hydrogen) atoms. The Bertz CT molecular complexity index is 1100. The van der Waals surface area contributed by atoms with Crippen molar-refractivity contribution < 1.29 is 22.4 Å². The Morgan fingerprint density at radius 1 is 1.19 bits per heavy atom. The first kappa shape index (κ1) is 20.6. The Morgan fingerprint density at radius 2 is 1.94 bits per heavy atom. The van der Waals surface area contributed by atoms with Crippen LogP contribution in [0.1, 0.15) is 49.9 Å². The molecule has 0 unspecified atom stereocenters. The zero-order chi connectivity index (χ0) is 21.8. The van der Waals surface area contributed by atoms with Crippen LogP contribution in [0.3, 0.4) is 0 Å². The monoisotopic (exact) mass is 451 g/mol. The van der Waals surface area contributed by atoms with Crippen molar-refractivity contribution >= 4 is 11.6 Å². The Labute approximate surface area is 182 Å². The highest BCUT2D eigenvalue weighted by Gasteiger charge is 2.43. The number of ether oxygens (including phenoxy) is 1. The van der Waals surface area contributed by atoms with Crippen LogP contribution in [0, 0.1) is 5.92 Å². The van der Waals surface area contributed by atoms with Crippen LogP contribution in [0.5, 0.6) is 0 Å². The molecule has 2 aliphatic rings. The van der Waals surface area contributed by atoms with Crippen molar-refractivity contribution in [2.45, 2.75) is 57.5 Å². The molecular formula is C22H21ClF3N3O2. The van der Waals surface area contributed by atoms with Crippen LogP contribution in [0.4, 0.5) is 13.2 Å². The van der Waals surface area contributed by atoms with Gasteiger partial charge in [-0.1, -0.05) is 41.9 Å². The van der Waals surface area contributed by atoms with Gasteiger partial charge in [0.2, 0.25) is 0 Å². The second-order valence-electron chi connectivity index (χ2n) is 8.41. The zero-order valence-electron chi connectivity index (χ0n) is 16.8. The van der Waals surface area contributed by atoms with Gasteiger partial charge in [-0.25, -0.2) is 0 Å². The summed E-state index contributed by atoms with van der Waals surface area (Å²) in [5.41, 5.74) is 0.500. The van der Waals surface area contributed by atoms with E-state index < -0.39 is 11.9 Å². The van der Waals surface area contributed by atoms with Gasteiger partial charge in [-0.05, 0) is 37.7 Å². The van der Waals surface area contributed by atoms with E-state index in [0.717, 1.165) is 17.5 Å². The minimum Gasteiger partial charge on any atom is -0.373 e. The standard InChI is InChI=1S/C22H21ClF3N3O2/c1-12-8-13(9-12)29-21(22(24,25)26)16(10-27-29)20-17(11-30-14-6-7-14)19(28-31-20)15-4-2-3-5-18(15)23/h2-5,10,12-14H,6-9,11H2,1H3.